The summed E-state index contributed by atoms with van der Waals surface area (Å²) in [7, 11) is 0. The molecule has 0 spiro atoms. The fourth-order valence-corrected chi connectivity index (χ4v) is 3.72. The summed E-state index contributed by atoms with van der Waals surface area (Å²) >= 11 is 0. The molecular weight excluding hydrogens is 436 g/mol. The number of nitrogens with one attached hydrogen (secondary N) is 1. The summed E-state index contributed by atoms with van der Waals surface area (Å²) in [4.78, 5) is 8.46. The van der Waals surface area contributed by atoms with Gasteiger partial charge in [0.1, 0.15) is 11.6 Å². The van der Waals surface area contributed by atoms with Crippen molar-refractivity contribution in [1.82, 2.24) is 20.2 Å². The van der Waals surface area contributed by atoms with Gasteiger partial charge in [0.25, 0.3) is 0 Å². The van der Waals surface area contributed by atoms with Gasteiger partial charge in [0.15, 0.2) is 5.82 Å². The van der Waals surface area contributed by atoms with Crippen LogP contribution in [0.3, 0.4) is 0 Å². The first-order valence-corrected chi connectivity index (χ1v) is 11.3. The van der Waals surface area contributed by atoms with Crippen LogP contribution in [-0.2, 0) is 6.42 Å². The molecule has 0 aliphatic rings. The summed E-state index contributed by atoms with van der Waals surface area (Å²) in [6.45, 7) is 2.11. The molecule has 3 N–H and O–H groups in total. The van der Waals surface area contributed by atoms with E-state index in [0.29, 0.717) is 17.4 Å². The number of nitrogens with zero attached hydrogens (tertiary/aromatic N) is 4. The summed E-state index contributed by atoms with van der Waals surface area (Å²) in [5, 5.41) is 12.2. The van der Waals surface area contributed by atoms with E-state index in [2.05, 4.69) is 38.5 Å². The molecule has 7 heteroatoms. The van der Waals surface area contributed by atoms with Crippen molar-refractivity contribution >= 4 is 17.3 Å². The van der Waals surface area contributed by atoms with Gasteiger partial charge < -0.3 is 15.8 Å². The fraction of sp³-hybridized carbons (Fsp3) is 0.0714. The standard InChI is InChI=1S/C28H24N6O/c1-2-19-17-25(20-7-4-3-5-8-20)33-34-27(19)32-22-10-12-23(13-11-22)35-28-24(9-6-15-31-28)21-14-16-30-26(29)18-21/h3-18H,2H2,1H3,(H2,29,30)(H,32,34). The first kappa shape index (κ1) is 22.0. The predicted molar refractivity (Wildman–Crippen MR) is 139 cm³/mol. The summed E-state index contributed by atoms with van der Waals surface area (Å²) in [5.74, 6) is 2.34. The lowest BCUT2D eigenvalue weighted by molar-refractivity contribution is 0.465. The highest BCUT2D eigenvalue weighted by atomic mass is 16.5. The maximum atomic E-state index is 6.09. The molecule has 2 aromatic carbocycles. The van der Waals surface area contributed by atoms with Crippen molar-refractivity contribution in [2.45, 2.75) is 13.3 Å². The van der Waals surface area contributed by atoms with Crippen molar-refractivity contribution in [1.29, 1.82) is 0 Å². The first-order chi connectivity index (χ1) is 17.2. The number of nitrogen functional groups attached to an aromatic ring is 1. The van der Waals surface area contributed by atoms with E-state index in [9.17, 15) is 0 Å². The lowest BCUT2D eigenvalue weighted by atomic mass is 10.1. The van der Waals surface area contributed by atoms with Crippen LogP contribution >= 0.6 is 0 Å². The van der Waals surface area contributed by atoms with E-state index >= 15 is 0 Å². The molecule has 0 fully saturated rings. The van der Waals surface area contributed by atoms with Crippen LogP contribution < -0.4 is 15.8 Å². The van der Waals surface area contributed by atoms with E-state index in [1.54, 1.807) is 18.5 Å². The van der Waals surface area contributed by atoms with Gasteiger partial charge in [-0.2, -0.15) is 0 Å². The number of ether oxygens (including phenoxy) is 1. The number of benzene rings is 2. The van der Waals surface area contributed by atoms with Crippen LogP contribution in [0.15, 0.2) is 97.3 Å². The number of aromatic nitrogens is 4. The molecule has 5 aromatic rings. The van der Waals surface area contributed by atoms with Gasteiger partial charge in [-0.25, -0.2) is 9.97 Å². The molecule has 0 atom stereocenters. The minimum Gasteiger partial charge on any atom is -0.438 e. The van der Waals surface area contributed by atoms with Crippen LogP contribution in [0.2, 0.25) is 0 Å². The molecule has 5 rings (SSSR count). The number of pyridine rings is 2. The zero-order valence-corrected chi connectivity index (χ0v) is 19.2. The molecule has 35 heavy (non-hydrogen) atoms. The van der Waals surface area contributed by atoms with E-state index in [0.717, 1.165) is 45.9 Å². The second-order valence-corrected chi connectivity index (χ2v) is 7.90. The zero-order chi connectivity index (χ0) is 24.0. The van der Waals surface area contributed by atoms with E-state index in [1.807, 2.05) is 72.8 Å². The van der Waals surface area contributed by atoms with E-state index < -0.39 is 0 Å². The monoisotopic (exact) mass is 460 g/mol. The summed E-state index contributed by atoms with van der Waals surface area (Å²) in [5.41, 5.74) is 11.5. The van der Waals surface area contributed by atoms with Gasteiger partial charge in [0.05, 0.1) is 5.69 Å². The van der Waals surface area contributed by atoms with E-state index in [1.165, 1.54) is 0 Å². The number of hydrogen-bond acceptors (Lipinski definition) is 7. The molecule has 0 aliphatic heterocycles. The molecule has 0 amide bonds. The van der Waals surface area contributed by atoms with Crippen molar-refractivity contribution < 1.29 is 4.74 Å². The van der Waals surface area contributed by atoms with Gasteiger partial charge in [-0.05, 0) is 72.1 Å². The quantitative estimate of drug-likeness (QED) is 0.295. The Bertz CT molecular complexity index is 1440. The van der Waals surface area contributed by atoms with Crippen molar-refractivity contribution in [2.75, 3.05) is 11.1 Å². The molecule has 3 aromatic heterocycles. The van der Waals surface area contributed by atoms with Crippen molar-refractivity contribution in [3.63, 3.8) is 0 Å². The Morgan fingerprint density at radius 1 is 0.800 bits per heavy atom. The van der Waals surface area contributed by atoms with Crippen LogP contribution in [0.5, 0.6) is 11.6 Å². The maximum Gasteiger partial charge on any atom is 0.227 e. The van der Waals surface area contributed by atoms with Crippen LogP contribution in [0.4, 0.5) is 17.3 Å². The Balaban J connectivity index is 1.34. The third kappa shape index (κ3) is 5.09. The largest absolute Gasteiger partial charge is 0.438 e. The van der Waals surface area contributed by atoms with Gasteiger partial charge >= 0.3 is 0 Å². The zero-order valence-electron chi connectivity index (χ0n) is 19.2. The molecule has 0 bridgehead atoms. The Morgan fingerprint density at radius 2 is 1.63 bits per heavy atom. The lowest BCUT2D eigenvalue weighted by Crippen LogP contribution is -2.02. The van der Waals surface area contributed by atoms with Crippen LogP contribution in [0, 0.1) is 0 Å². The molecule has 0 saturated heterocycles. The molecule has 0 saturated carbocycles. The highest BCUT2D eigenvalue weighted by molar-refractivity contribution is 5.71. The lowest BCUT2D eigenvalue weighted by Gasteiger charge is -2.13. The second-order valence-electron chi connectivity index (χ2n) is 7.90. The average molecular weight is 461 g/mol. The maximum absolute atomic E-state index is 6.09. The minimum absolute atomic E-state index is 0.444. The molecule has 172 valence electrons. The highest BCUT2D eigenvalue weighted by Gasteiger charge is 2.11. The first-order valence-electron chi connectivity index (χ1n) is 11.3. The van der Waals surface area contributed by atoms with Gasteiger partial charge in [-0.3, -0.25) is 0 Å². The summed E-state index contributed by atoms with van der Waals surface area (Å²) < 4.78 is 6.09. The van der Waals surface area contributed by atoms with Crippen molar-refractivity contribution in [3.8, 4) is 34.0 Å². The summed E-state index contributed by atoms with van der Waals surface area (Å²) in [6.07, 6.45) is 4.20. The number of rotatable bonds is 7. The van der Waals surface area contributed by atoms with Gasteiger partial charge in [0.2, 0.25) is 5.88 Å². The average Bonchev–Trinajstić information content (AvgIpc) is 2.91. The molecule has 0 aliphatic carbocycles. The Labute approximate surface area is 203 Å². The molecule has 0 radical (unpaired) electrons. The highest BCUT2D eigenvalue weighted by Crippen LogP contribution is 2.32. The van der Waals surface area contributed by atoms with Gasteiger partial charge in [-0.1, -0.05) is 37.3 Å². The fourth-order valence-electron chi connectivity index (χ4n) is 3.72. The minimum atomic E-state index is 0.444. The summed E-state index contributed by atoms with van der Waals surface area (Å²) in [6, 6.07) is 27.3. The van der Waals surface area contributed by atoms with Crippen molar-refractivity contribution in [3.05, 3.63) is 103 Å². The van der Waals surface area contributed by atoms with Crippen molar-refractivity contribution in [2.24, 2.45) is 0 Å². The van der Waals surface area contributed by atoms with E-state index in [-0.39, 0.29) is 0 Å². The third-order valence-electron chi connectivity index (χ3n) is 5.52. The molecule has 7 nitrogen and oxygen atoms in total. The Hall–Kier alpha value is -4.78. The Kier molecular flexibility index (Phi) is 6.30. The number of aryl methyl sites for hydroxylation is 1. The number of nitrogens with two attached hydrogens (primary N) is 1. The van der Waals surface area contributed by atoms with Gasteiger partial charge in [0, 0.05) is 29.2 Å². The third-order valence-corrected chi connectivity index (χ3v) is 5.52. The van der Waals surface area contributed by atoms with Gasteiger partial charge in [-0.15, -0.1) is 10.2 Å². The predicted octanol–water partition coefficient (Wildman–Crippen LogP) is 6.28. The topological polar surface area (TPSA) is 98.8 Å². The second kappa shape index (κ2) is 10.0. The Morgan fingerprint density at radius 3 is 2.40 bits per heavy atom. The molecule has 0 unspecified atom stereocenters. The van der Waals surface area contributed by atoms with Crippen LogP contribution in [0.25, 0.3) is 22.4 Å². The molecular formula is C28H24N6O. The normalized spacial score (nSPS) is 10.7. The van der Waals surface area contributed by atoms with Crippen LogP contribution in [-0.4, -0.2) is 20.2 Å². The van der Waals surface area contributed by atoms with Crippen LogP contribution in [0.1, 0.15) is 12.5 Å². The number of anilines is 3. The smallest absolute Gasteiger partial charge is 0.227 e. The van der Waals surface area contributed by atoms with E-state index in [4.69, 9.17) is 10.5 Å². The SMILES string of the molecule is CCc1cc(-c2ccccc2)nnc1Nc1ccc(Oc2ncccc2-c2ccnc(N)c2)cc1. The molecule has 3 heterocycles. The number of hydrogen-bond donors (Lipinski definition) is 2.